The molecule has 1 aromatic rings. The van der Waals surface area contributed by atoms with Crippen LogP contribution in [0.1, 0.15) is 31.4 Å². The highest BCUT2D eigenvalue weighted by Crippen LogP contribution is 2.53. The molecule has 0 radical (unpaired) electrons. The van der Waals surface area contributed by atoms with Crippen LogP contribution in [0.5, 0.6) is 0 Å². The second-order valence-electron chi connectivity index (χ2n) is 6.51. The highest BCUT2D eigenvalue weighted by atomic mass is 16.5. The molecular formula is C16H23NO. The summed E-state index contributed by atoms with van der Waals surface area (Å²) in [6.07, 6.45) is 1.66. The molecule has 0 spiro atoms. The predicted molar refractivity (Wildman–Crippen MR) is 75.0 cm³/mol. The van der Waals surface area contributed by atoms with E-state index in [1.165, 1.54) is 23.2 Å². The first-order chi connectivity index (χ1) is 8.50. The summed E-state index contributed by atoms with van der Waals surface area (Å²) in [6.45, 7) is 9.91. The molecule has 3 rings (SSSR count). The summed E-state index contributed by atoms with van der Waals surface area (Å²) >= 11 is 0. The van der Waals surface area contributed by atoms with Crippen LogP contribution in [-0.2, 0) is 4.74 Å². The van der Waals surface area contributed by atoms with Crippen molar-refractivity contribution in [2.75, 3.05) is 11.9 Å². The van der Waals surface area contributed by atoms with Crippen molar-refractivity contribution in [2.24, 2.45) is 11.3 Å². The smallest absolute Gasteiger partial charge is 0.0694 e. The van der Waals surface area contributed by atoms with Gasteiger partial charge in [-0.2, -0.15) is 0 Å². The fourth-order valence-electron chi connectivity index (χ4n) is 3.68. The summed E-state index contributed by atoms with van der Waals surface area (Å²) in [5.74, 6) is 0.694. The minimum absolute atomic E-state index is 0.247. The number of aryl methyl sites for hydroxylation is 2. The van der Waals surface area contributed by atoms with Gasteiger partial charge in [-0.25, -0.2) is 0 Å². The van der Waals surface area contributed by atoms with Crippen LogP contribution in [0.25, 0.3) is 0 Å². The van der Waals surface area contributed by atoms with Crippen LogP contribution >= 0.6 is 0 Å². The normalized spacial score (nSPS) is 32.8. The van der Waals surface area contributed by atoms with Crippen molar-refractivity contribution in [2.45, 2.75) is 46.3 Å². The van der Waals surface area contributed by atoms with Gasteiger partial charge >= 0.3 is 0 Å². The molecule has 18 heavy (non-hydrogen) atoms. The zero-order chi connectivity index (χ0) is 12.9. The molecule has 0 bridgehead atoms. The molecule has 0 aromatic heterocycles. The van der Waals surface area contributed by atoms with Crippen LogP contribution in [-0.4, -0.2) is 18.8 Å². The standard InChI is InChI=1S/C16H23NO/c1-10-5-6-11(2)13(9-10)17-14-12-7-8-18-15(12)16(14,3)4/h5-6,9,12,14-15,17H,7-8H2,1-4H3. The van der Waals surface area contributed by atoms with Gasteiger partial charge in [0.1, 0.15) is 0 Å². The first kappa shape index (κ1) is 12.0. The predicted octanol–water partition coefficient (Wildman–Crippen LogP) is 3.53. The van der Waals surface area contributed by atoms with Crippen molar-refractivity contribution >= 4 is 5.69 Å². The van der Waals surface area contributed by atoms with Gasteiger partial charge in [-0.1, -0.05) is 26.0 Å². The molecule has 98 valence electrons. The highest BCUT2D eigenvalue weighted by Gasteiger charge is 2.59. The Labute approximate surface area is 110 Å². The molecule has 1 aliphatic carbocycles. The molecule has 2 nitrogen and oxygen atoms in total. The Morgan fingerprint density at radius 3 is 2.83 bits per heavy atom. The van der Waals surface area contributed by atoms with E-state index >= 15 is 0 Å². The third kappa shape index (κ3) is 1.66. The minimum atomic E-state index is 0.247. The van der Waals surface area contributed by atoms with E-state index in [9.17, 15) is 0 Å². The van der Waals surface area contributed by atoms with Crippen molar-refractivity contribution < 1.29 is 4.74 Å². The van der Waals surface area contributed by atoms with E-state index in [-0.39, 0.29) is 5.41 Å². The average molecular weight is 245 g/mol. The van der Waals surface area contributed by atoms with Crippen molar-refractivity contribution in [3.8, 4) is 0 Å². The van der Waals surface area contributed by atoms with Crippen LogP contribution < -0.4 is 5.32 Å². The lowest BCUT2D eigenvalue weighted by molar-refractivity contribution is -0.0923. The zero-order valence-electron chi connectivity index (χ0n) is 11.8. The van der Waals surface area contributed by atoms with E-state index in [1.54, 1.807) is 0 Å². The number of ether oxygens (including phenoxy) is 1. The fourth-order valence-corrected chi connectivity index (χ4v) is 3.68. The summed E-state index contributed by atoms with van der Waals surface area (Å²) in [5, 5.41) is 3.77. The third-order valence-electron chi connectivity index (χ3n) is 4.80. The second-order valence-corrected chi connectivity index (χ2v) is 6.51. The van der Waals surface area contributed by atoms with Gasteiger partial charge in [0.25, 0.3) is 0 Å². The lowest BCUT2D eigenvalue weighted by Crippen LogP contribution is -2.63. The number of benzene rings is 1. The van der Waals surface area contributed by atoms with Gasteiger partial charge in [-0.3, -0.25) is 0 Å². The Morgan fingerprint density at radius 2 is 2.06 bits per heavy atom. The zero-order valence-corrected chi connectivity index (χ0v) is 11.8. The van der Waals surface area contributed by atoms with Gasteiger partial charge in [-0.15, -0.1) is 0 Å². The molecule has 2 fully saturated rings. The molecule has 0 amide bonds. The van der Waals surface area contributed by atoms with Gasteiger partial charge in [-0.05, 0) is 37.5 Å². The molecule has 2 aliphatic rings. The number of fused-ring (bicyclic) bond motifs is 1. The van der Waals surface area contributed by atoms with Crippen LogP contribution in [0.4, 0.5) is 5.69 Å². The molecule has 1 aromatic carbocycles. The SMILES string of the molecule is Cc1ccc(C)c(NC2C3CCOC3C2(C)C)c1. The molecule has 1 heterocycles. The van der Waals surface area contributed by atoms with Crippen LogP contribution in [0.15, 0.2) is 18.2 Å². The quantitative estimate of drug-likeness (QED) is 0.860. The molecule has 1 aliphatic heterocycles. The van der Waals surface area contributed by atoms with Crippen molar-refractivity contribution in [1.29, 1.82) is 0 Å². The Kier molecular flexibility index (Phi) is 2.67. The molecule has 3 unspecified atom stereocenters. The monoisotopic (exact) mass is 245 g/mol. The number of hydrogen-bond acceptors (Lipinski definition) is 2. The summed E-state index contributed by atoms with van der Waals surface area (Å²) < 4.78 is 5.85. The lowest BCUT2D eigenvalue weighted by atomic mass is 9.57. The van der Waals surface area contributed by atoms with Crippen LogP contribution in [0, 0.1) is 25.2 Å². The van der Waals surface area contributed by atoms with Gasteiger partial charge in [0.05, 0.1) is 6.10 Å². The topological polar surface area (TPSA) is 21.3 Å². The fraction of sp³-hybridized carbons (Fsp3) is 0.625. The van der Waals surface area contributed by atoms with Crippen LogP contribution in [0.3, 0.4) is 0 Å². The van der Waals surface area contributed by atoms with Crippen LogP contribution in [0.2, 0.25) is 0 Å². The van der Waals surface area contributed by atoms with Gasteiger partial charge in [0, 0.05) is 29.7 Å². The molecule has 1 N–H and O–H groups in total. The number of anilines is 1. The second kappa shape index (κ2) is 3.99. The first-order valence-corrected chi connectivity index (χ1v) is 6.95. The number of hydrogen-bond donors (Lipinski definition) is 1. The molecule has 2 heteroatoms. The third-order valence-corrected chi connectivity index (χ3v) is 4.80. The average Bonchev–Trinajstić information content (AvgIpc) is 2.77. The van der Waals surface area contributed by atoms with Gasteiger partial charge in [0.15, 0.2) is 0 Å². The van der Waals surface area contributed by atoms with E-state index in [1.807, 2.05) is 0 Å². The highest BCUT2D eigenvalue weighted by molar-refractivity contribution is 5.54. The minimum Gasteiger partial charge on any atom is -0.381 e. The Hall–Kier alpha value is -1.02. The molecule has 1 saturated carbocycles. The maximum absolute atomic E-state index is 5.85. The van der Waals surface area contributed by atoms with Crippen molar-refractivity contribution in [3.05, 3.63) is 29.3 Å². The Bertz CT molecular complexity index is 466. The summed E-state index contributed by atoms with van der Waals surface area (Å²) in [7, 11) is 0. The maximum Gasteiger partial charge on any atom is 0.0694 e. The molecule has 3 atom stereocenters. The van der Waals surface area contributed by atoms with Gasteiger partial charge in [0.2, 0.25) is 0 Å². The summed E-state index contributed by atoms with van der Waals surface area (Å²) in [6, 6.07) is 7.18. The molecular weight excluding hydrogens is 222 g/mol. The Morgan fingerprint density at radius 1 is 1.28 bits per heavy atom. The van der Waals surface area contributed by atoms with Crippen molar-refractivity contribution in [1.82, 2.24) is 0 Å². The van der Waals surface area contributed by atoms with E-state index in [0.717, 1.165) is 6.61 Å². The van der Waals surface area contributed by atoms with Crippen molar-refractivity contribution in [3.63, 3.8) is 0 Å². The number of nitrogens with one attached hydrogen (secondary N) is 1. The summed E-state index contributed by atoms with van der Waals surface area (Å²) in [5.41, 5.74) is 4.19. The van der Waals surface area contributed by atoms with E-state index in [2.05, 4.69) is 51.2 Å². The first-order valence-electron chi connectivity index (χ1n) is 6.95. The number of rotatable bonds is 2. The maximum atomic E-state index is 5.85. The van der Waals surface area contributed by atoms with Gasteiger partial charge < -0.3 is 10.1 Å². The Balaban J connectivity index is 1.82. The van der Waals surface area contributed by atoms with E-state index in [0.29, 0.717) is 18.1 Å². The largest absolute Gasteiger partial charge is 0.381 e. The molecule has 1 saturated heterocycles. The lowest BCUT2D eigenvalue weighted by Gasteiger charge is -2.55. The van der Waals surface area contributed by atoms with E-state index in [4.69, 9.17) is 4.74 Å². The van der Waals surface area contributed by atoms with E-state index < -0.39 is 0 Å². The summed E-state index contributed by atoms with van der Waals surface area (Å²) in [4.78, 5) is 0.